The maximum atomic E-state index is 14.2. The Morgan fingerprint density at radius 3 is 2.81 bits per heavy atom. The maximum Gasteiger partial charge on any atom is 0.229 e. The monoisotopic (exact) mass is 369 g/mol. The van der Waals surface area contributed by atoms with Gasteiger partial charge >= 0.3 is 0 Å². The molecule has 0 amide bonds. The van der Waals surface area contributed by atoms with Crippen LogP contribution in [0.25, 0.3) is 10.9 Å². The molecule has 26 heavy (non-hydrogen) atoms. The highest BCUT2D eigenvalue weighted by atomic mass is 35.5. The lowest BCUT2D eigenvalue weighted by atomic mass is 10.1. The zero-order valence-electron chi connectivity index (χ0n) is 14.0. The molecule has 0 saturated carbocycles. The molecule has 5 nitrogen and oxygen atoms in total. The van der Waals surface area contributed by atoms with Gasteiger partial charge in [-0.25, -0.2) is 4.39 Å². The average Bonchev–Trinajstić information content (AvgIpc) is 2.85. The summed E-state index contributed by atoms with van der Waals surface area (Å²) in [5.74, 6) is -0.0207. The fraction of sp³-hybridized carbons (Fsp3) is 0.211. The van der Waals surface area contributed by atoms with E-state index >= 15 is 0 Å². The minimum Gasteiger partial charge on any atom is -0.325 e. The topological polar surface area (TPSA) is 68.8 Å². The molecule has 132 valence electrons. The highest BCUT2D eigenvalue weighted by Crippen LogP contribution is 2.35. The van der Waals surface area contributed by atoms with Crippen LogP contribution >= 0.6 is 11.6 Å². The number of halogens is 2. The van der Waals surface area contributed by atoms with E-state index in [1.807, 2.05) is 23.1 Å². The molecule has 1 aliphatic rings. The van der Waals surface area contributed by atoms with Gasteiger partial charge in [0.1, 0.15) is 11.6 Å². The molecule has 0 radical (unpaired) electrons. The predicted molar refractivity (Wildman–Crippen MR) is 101 cm³/mol. The third-order valence-corrected chi connectivity index (χ3v) is 5.01. The van der Waals surface area contributed by atoms with Crippen molar-refractivity contribution < 1.29 is 4.39 Å². The van der Waals surface area contributed by atoms with Crippen LogP contribution in [0, 0.1) is 16.6 Å². The van der Waals surface area contributed by atoms with Gasteiger partial charge < -0.3 is 4.90 Å². The highest BCUT2D eigenvalue weighted by molar-refractivity contribution is 6.31. The minimum atomic E-state index is -0.542. The van der Waals surface area contributed by atoms with Crippen LogP contribution in [0.3, 0.4) is 0 Å². The van der Waals surface area contributed by atoms with Crippen molar-refractivity contribution >= 4 is 40.3 Å². The number of anilines is 2. The molecule has 2 N–H and O–H groups in total. The molecule has 0 saturated heterocycles. The molecule has 7 heteroatoms. The molecule has 1 aliphatic heterocycles. The number of para-hydroxylation sites is 1. The molecule has 1 aromatic heterocycles. The molecule has 2 aromatic carbocycles. The Kier molecular flexibility index (Phi) is 4.20. The van der Waals surface area contributed by atoms with Crippen molar-refractivity contribution in [2.45, 2.75) is 19.3 Å². The number of aromatic nitrogens is 2. The summed E-state index contributed by atoms with van der Waals surface area (Å²) in [5.41, 5.74) is 2.64. The first-order valence-electron chi connectivity index (χ1n) is 8.42. The van der Waals surface area contributed by atoms with Crippen molar-refractivity contribution in [1.29, 1.82) is 10.8 Å². The third-order valence-electron chi connectivity index (χ3n) is 4.72. The van der Waals surface area contributed by atoms with Gasteiger partial charge in [-0.1, -0.05) is 29.8 Å². The van der Waals surface area contributed by atoms with Gasteiger partial charge in [-0.15, -0.1) is 0 Å². The lowest BCUT2D eigenvalue weighted by Gasteiger charge is -2.26. The molecule has 0 spiro atoms. The second kappa shape index (κ2) is 6.53. The van der Waals surface area contributed by atoms with E-state index in [0.29, 0.717) is 16.7 Å². The molecule has 0 unspecified atom stereocenters. The van der Waals surface area contributed by atoms with Crippen LogP contribution in [0.1, 0.15) is 18.4 Å². The van der Waals surface area contributed by atoms with Crippen LogP contribution in [-0.4, -0.2) is 22.4 Å². The van der Waals surface area contributed by atoms with Gasteiger partial charge in [-0.3, -0.25) is 15.4 Å². The van der Waals surface area contributed by atoms with Gasteiger partial charge in [0, 0.05) is 17.6 Å². The van der Waals surface area contributed by atoms with Crippen LogP contribution in [0.5, 0.6) is 0 Å². The quantitative estimate of drug-likeness (QED) is 0.524. The van der Waals surface area contributed by atoms with E-state index in [2.05, 4.69) is 11.1 Å². The molecule has 0 aliphatic carbocycles. The fourth-order valence-corrected chi connectivity index (χ4v) is 3.65. The van der Waals surface area contributed by atoms with Crippen molar-refractivity contribution in [3.63, 3.8) is 0 Å². The van der Waals surface area contributed by atoms with E-state index in [-0.39, 0.29) is 10.6 Å². The SMILES string of the molecule is N=Cn1c(=N)nc(N2CCCCc3ccccc32)c2cc(F)c(Cl)cc21. The Bertz CT molecular complexity index is 1080. The molecule has 0 bridgehead atoms. The molecule has 0 atom stereocenters. The van der Waals surface area contributed by atoms with E-state index in [4.69, 9.17) is 22.4 Å². The first kappa shape index (κ1) is 16.7. The minimum absolute atomic E-state index is 0.0408. The molecule has 3 aromatic rings. The van der Waals surface area contributed by atoms with Gasteiger partial charge in [-0.2, -0.15) is 4.98 Å². The van der Waals surface area contributed by atoms with Gasteiger partial charge in [0.05, 0.1) is 16.9 Å². The van der Waals surface area contributed by atoms with E-state index in [9.17, 15) is 4.39 Å². The first-order valence-corrected chi connectivity index (χ1v) is 8.80. The smallest absolute Gasteiger partial charge is 0.229 e. The lowest BCUT2D eigenvalue weighted by molar-refractivity contribution is 0.629. The van der Waals surface area contributed by atoms with Crippen LogP contribution in [0.4, 0.5) is 15.9 Å². The fourth-order valence-electron chi connectivity index (χ4n) is 3.49. The summed E-state index contributed by atoms with van der Waals surface area (Å²) in [6.07, 6.45) is 4.01. The number of nitrogens with zero attached hydrogens (tertiary/aromatic N) is 3. The summed E-state index contributed by atoms with van der Waals surface area (Å²) in [6.45, 7) is 0.734. The van der Waals surface area contributed by atoms with E-state index in [0.717, 1.165) is 37.8 Å². The lowest BCUT2D eigenvalue weighted by Crippen LogP contribution is -2.28. The highest BCUT2D eigenvalue weighted by Gasteiger charge is 2.21. The van der Waals surface area contributed by atoms with E-state index in [1.165, 1.54) is 22.3 Å². The summed E-state index contributed by atoms with van der Waals surface area (Å²) < 4.78 is 15.5. The van der Waals surface area contributed by atoms with Crippen molar-refractivity contribution in [1.82, 2.24) is 9.55 Å². The molecule has 4 rings (SSSR count). The van der Waals surface area contributed by atoms with Gasteiger partial charge in [0.2, 0.25) is 5.62 Å². The summed E-state index contributed by atoms with van der Waals surface area (Å²) >= 11 is 5.96. The normalized spacial score (nSPS) is 14.2. The molecule has 0 fully saturated rings. The second-order valence-corrected chi connectivity index (χ2v) is 6.69. The Hall–Kier alpha value is -2.73. The van der Waals surface area contributed by atoms with E-state index in [1.54, 1.807) is 0 Å². The number of hydrogen-bond acceptors (Lipinski definition) is 4. The number of aryl methyl sites for hydroxylation is 1. The van der Waals surface area contributed by atoms with Gasteiger partial charge in [0.25, 0.3) is 0 Å². The zero-order valence-corrected chi connectivity index (χ0v) is 14.7. The Labute approximate surface area is 154 Å². The van der Waals surface area contributed by atoms with Crippen LogP contribution in [-0.2, 0) is 6.42 Å². The van der Waals surface area contributed by atoms with Crippen molar-refractivity contribution in [3.05, 3.63) is 58.4 Å². The van der Waals surface area contributed by atoms with Gasteiger partial charge in [-0.05, 0) is 43.0 Å². The third kappa shape index (κ3) is 2.66. The standard InChI is InChI=1S/C19H17ClFN5/c20-14-10-17-13(9-15(14)21)18(24-19(23)26(17)11-22)25-8-4-3-6-12-5-1-2-7-16(12)25/h1-2,5,7,9-11,22-23H,3-4,6,8H2. The van der Waals surface area contributed by atoms with Crippen molar-refractivity contribution in [2.75, 3.05) is 11.4 Å². The Morgan fingerprint density at radius 2 is 2.00 bits per heavy atom. The second-order valence-electron chi connectivity index (χ2n) is 6.28. The van der Waals surface area contributed by atoms with Gasteiger partial charge in [0.15, 0.2) is 0 Å². The summed E-state index contributed by atoms with van der Waals surface area (Å²) in [4.78, 5) is 6.45. The number of benzene rings is 2. The predicted octanol–water partition coefficient (Wildman–Crippen LogP) is 4.24. The number of rotatable bonds is 2. The number of fused-ring (bicyclic) bond motifs is 2. The number of hydrogen-bond donors (Lipinski definition) is 2. The van der Waals surface area contributed by atoms with Crippen LogP contribution < -0.4 is 10.5 Å². The zero-order chi connectivity index (χ0) is 18.3. The van der Waals surface area contributed by atoms with Crippen LogP contribution in [0.2, 0.25) is 5.02 Å². The summed E-state index contributed by atoms with van der Waals surface area (Å²) in [5, 5.41) is 16.3. The molecular formula is C19H17ClFN5. The Morgan fingerprint density at radius 1 is 1.19 bits per heavy atom. The number of nitrogens with one attached hydrogen (secondary N) is 2. The molecule has 2 heterocycles. The maximum absolute atomic E-state index is 14.2. The average molecular weight is 370 g/mol. The Balaban J connectivity index is 2.05. The first-order chi connectivity index (χ1) is 12.6. The van der Waals surface area contributed by atoms with Crippen LogP contribution in [0.15, 0.2) is 36.4 Å². The largest absolute Gasteiger partial charge is 0.325 e. The molecular weight excluding hydrogens is 353 g/mol. The summed E-state index contributed by atoms with van der Waals surface area (Å²) in [6, 6.07) is 10.9. The van der Waals surface area contributed by atoms with Crippen molar-refractivity contribution in [3.8, 4) is 0 Å². The van der Waals surface area contributed by atoms with E-state index < -0.39 is 5.82 Å². The van der Waals surface area contributed by atoms with Crippen molar-refractivity contribution in [2.24, 2.45) is 0 Å². The summed E-state index contributed by atoms with van der Waals surface area (Å²) in [7, 11) is 0.